The van der Waals surface area contributed by atoms with E-state index < -0.39 is 0 Å². The molecule has 0 bridgehead atoms. The van der Waals surface area contributed by atoms with Gasteiger partial charge in [-0.25, -0.2) is 4.98 Å². The molecule has 1 aliphatic heterocycles. The van der Waals surface area contributed by atoms with Crippen LogP contribution in [0.4, 0.5) is 0 Å². The Bertz CT molecular complexity index is 885. The van der Waals surface area contributed by atoms with Crippen molar-refractivity contribution in [3.8, 4) is 0 Å². The van der Waals surface area contributed by atoms with Gasteiger partial charge < -0.3 is 9.42 Å². The molecule has 7 heteroatoms. The van der Waals surface area contributed by atoms with Crippen molar-refractivity contribution >= 4 is 27.5 Å². The fraction of sp³-hybridized carbons (Fsp3) is 0.412. The van der Waals surface area contributed by atoms with E-state index in [0.717, 1.165) is 23.1 Å². The second-order valence-electron chi connectivity index (χ2n) is 6.34. The minimum Gasteiger partial charge on any atom is -0.337 e. The highest BCUT2D eigenvalue weighted by Gasteiger charge is 2.34. The Morgan fingerprint density at radius 2 is 2.29 bits per heavy atom. The van der Waals surface area contributed by atoms with Gasteiger partial charge in [-0.1, -0.05) is 19.0 Å². The first-order chi connectivity index (χ1) is 11.6. The summed E-state index contributed by atoms with van der Waals surface area (Å²) in [4.78, 5) is 23.5. The Morgan fingerprint density at radius 3 is 3.08 bits per heavy atom. The summed E-state index contributed by atoms with van der Waals surface area (Å²) in [5.41, 5.74) is 3.40. The zero-order chi connectivity index (χ0) is 16.7. The average Bonchev–Trinajstić information content (AvgIpc) is 3.31. The molecule has 3 heterocycles. The SMILES string of the molecule is CC(C)c1noc([C@H]2CCCN2C(=O)c2ccc3ncsc3c2)n1. The van der Waals surface area contributed by atoms with Gasteiger partial charge in [0, 0.05) is 18.0 Å². The number of thiazole rings is 1. The van der Waals surface area contributed by atoms with Crippen LogP contribution in [0, 0.1) is 0 Å². The zero-order valence-electron chi connectivity index (χ0n) is 13.6. The molecule has 1 saturated heterocycles. The molecule has 3 aromatic rings. The van der Waals surface area contributed by atoms with Crippen LogP contribution in [0.15, 0.2) is 28.2 Å². The highest BCUT2D eigenvalue weighted by atomic mass is 32.1. The number of hydrogen-bond donors (Lipinski definition) is 0. The molecular formula is C17H18N4O2S. The summed E-state index contributed by atoms with van der Waals surface area (Å²) in [6.07, 6.45) is 1.80. The van der Waals surface area contributed by atoms with Gasteiger partial charge in [-0.3, -0.25) is 4.79 Å². The van der Waals surface area contributed by atoms with Crippen molar-refractivity contribution in [2.75, 3.05) is 6.54 Å². The lowest BCUT2D eigenvalue weighted by atomic mass is 10.1. The lowest BCUT2D eigenvalue weighted by Gasteiger charge is -2.21. The summed E-state index contributed by atoms with van der Waals surface area (Å²) in [5, 5.41) is 4.03. The van der Waals surface area contributed by atoms with E-state index in [-0.39, 0.29) is 17.9 Å². The van der Waals surface area contributed by atoms with Crippen LogP contribution in [-0.2, 0) is 0 Å². The molecule has 1 aromatic carbocycles. The summed E-state index contributed by atoms with van der Waals surface area (Å²) in [5.74, 6) is 1.46. The van der Waals surface area contributed by atoms with Crippen molar-refractivity contribution in [2.45, 2.75) is 38.6 Å². The molecule has 0 spiro atoms. The van der Waals surface area contributed by atoms with Gasteiger partial charge in [0.15, 0.2) is 5.82 Å². The molecule has 0 N–H and O–H groups in total. The lowest BCUT2D eigenvalue weighted by molar-refractivity contribution is 0.0710. The van der Waals surface area contributed by atoms with E-state index in [1.165, 1.54) is 0 Å². The largest absolute Gasteiger partial charge is 0.337 e. The third kappa shape index (κ3) is 2.58. The number of amides is 1. The Hall–Kier alpha value is -2.28. The van der Waals surface area contributed by atoms with E-state index in [1.807, 2.05) is 36.9 Å². The van der Waals surface area contributed by atoms with Crippen LogP contribution in [0.25, 0.3) is 10.2 Å². The first kappa shape index (κ1) is 15.3. The minimum absolute atomic E-state index is 0.0112. The van der Waals surface area contributed by atoms with Crippen molar-refractivity contribution in [3.05, 3.63) is 41.0 Å². The number of carbonyl (C=O) groups is 1. The van der Waals surface area contributed by atoms with Crippen LogP contribution in [-0.4, -0.2) is 32.5 Å². The van der Waals surface area contributed by atoms with Crippen molar-refractivity contribution < 1.29 is 9.32 Å². The summed E-state index contributed by atoms with van der Waals surface area (Å²) < 4.78 is 6.45. The molecule has 0 radical (unpaired) electrons. The Morgan fingerprint density at radius 1 is 1.42 bits per heavy atom. The molecular weight excluding hydrogens is 324 g/mol. The van der Waals surface area contributed by atoms with E-state index in [2.05, 4.69) is 15.1 Å². The third-order valence-corrected chi connectivity index (χ3v) is 5.14. The summed E-state index contributed by atoms with van der Waals surface area (Å²) in [7, 11) is 0. The Labute approximate surface area is 143 Å². The fourth-order valence-corrected chi connectivity index (χ4v) is 3.75. The van der Waals surface area contributed by atoms with Gasteiger partial charge in [0.05, 0.1) is 15.7 Å². The minimum atomic E-state index is -0.130. The maximum atomic E-state index is 13.0. The highest BCUT2D eigenvalue weighted by Crippen LogP contribution is 2.33. The van der Waals surface area contributed by atoms with Gasteiger partial charge >= 0.3 is 0 Å². The molecule has 1 fully saturated rings. The van der Waals surface area contributed by atoms with E-state index in [9.17, 15) is 4.79 Å². The predicted molar refractivity (Wildman–Crippen MR) is 91.0 cm³/mol. The molecule has 0 saturated carbocycles. The number of nitrogens with zero attached hydrogens (tertiary/aromatic N) is 4. The highest BCUT2D eigenvalue weighted by molar-refractivity contribution is 7.16. The molecule has 1 aliphatic rings. The molecule has 2 aromatic heterocycles. The summed E-state index contributed by atoms with van der Waals surface area (Å²) >= 11 is 1.54. The van der Waals surface area contributed by atoms with Crippen LogP contribution in [0.2, 0.25) is 0 Å². The van der Waals surface area contributed by atoms with Crippen LogP contribution < -0.4 is 0 Å². The molecule has 4 rings (SSSR count). The predicted octanol–water partition coefficient (Wildman–Crippen LogP) is 3.78. The second kappa shape index (κ2) is 5.98. The standard InChI is InChI=1S/C17H18N4O2S/c1-10(2)15-19-16(23-20-15)13-4-3-7-21(13)17(22)11-5-6-12-14(8-11)24-9-18-12/h5-6,8-10,13H,3-4,7H2,1-2H3/t13-/m1/s1. The molecule has 1 atom stereocenters. The quantitative estimate of drug-likeness (QED) is 0.724. The van der Waals surface area contributed by atoms with E-state index in [1.54, 1.807) is 16.8 Å². The van der Waals surface area contributed by atoms with Gasteiger partial charge in [0.2, 0.25) is 5.89 Å². The number of carbonyl (C=O) groups excluding carboxylic acids is 1. The van der Waals surface area contributed by atoms with Crippen LogP contribution in [0.1, 0.15) is 60.7 Å². The number of fused-ring (bicyclic) bond motifs is 1. The first-order valence-electron chi connectivity index (χ1n) is 8.11. The van der Waals surface area contributed by atoms with Crippen molar-refractivity contribution in [2.24, 2.45) is 0 Å². The van der Waals surface area contributed by atoms with E-state index in [0.29, 0.717) is 23.8 Å². The maximum Gasteiger partial charge on any atom is 0.254 e. The lowest BCUT2D eigenvalue weighted by Crippen LogP contribution is -2.30. The van der Waals surface area contributed by atoms with Crippen LogP contribution in [0.5, 0.6) is 0 Å². The normalized spacial score (nSPS) is 18.0. The van der Waals surface area contributed by atoms with E-state index in [4.69, 9.17) is 4.52 Å². The molecule has 124 valence electrons. The van der Waals surface area contributed by atoms with Gasteiger partial charge in [-0.15, -0.1) is 11.3 Å². The number of likely N-dealkylation sites (tertiary alicyclic amines) is 1. The van der Waals surface area contributed by atoms with Crippen LogP contribution in [0.3, 0.4) is 0 Å². The topological polar surface area (TPSA) is 72.1 Å². The zero-order valence-corrected chi connectivity index (χ0v) is 14.4. The Balaban J connectivity index is 1.62. The molecule has 24 heavy (non-hydrogen) atoms. The fourth-order valence-electron chi connectivity index (χ4n) is 3.04. The first-order valence-corrected chi connectivity index (χ1v) is 8.99. The van der Waals surface area contributed by atoms with Gasteiger partial charge in [0.1, 0.15) is 6.04 Å². The number of benzene rings is 1. The van der Waals surface area contributed by atoms with Crippen molar-refractivity contribution in [1.82, 2.24) is 20.0 Å². The van der Waals surface area contributed by atoms with Crippen molar-refractivity contribution in [1.29, 1.82) is 0 Å². The number of rotatable bonds is 3. The van der Waals surface area contributed by atoms with Gasteiger partial charge in [0.25, 0.3) is 5.91 Å². The maximum absolute atomic E-state index is 13.0. The molecule has 0 unspecified atom stereocenters. The number of hydrogen-bond acceptors (Lipinski definition) is 6. The van der Waals surface area contributed by atoms with Crippen LogP contribution >= 0.6 is 11.3 Å². The monoisotopic (exact) mass is 342 g/mol. The molecule has 1 amide bonds. The smallest absolute Gasteiger partial charge is 0.254 e. The van der Waals surface area contributed by atoms with Gasteiger partial charge in [-0.05, 0) is 31.0 Å². The summed E-state index contributed by atoms with van der Waals surface area (Å²) in [6, 6.07) is 5.52. The van der Waals surface area contributed by atoms with Crippen molar-refractivity contribution in [3.63, 3.8) is 0 Å². The average molecular weight is 342 g/mol. The molecule has 0 aliphatic carbocycles. The Kier molecular flexibility index (Phi) is 3.80. The molecule has 6 nitrogen and oxygen atoms in total. The second-order valence-corrected chi connectivity index (χ2v) is 7.22. The third-order valence-electron chi connectivity index (χ3n) is 4.35. The van der Waals surface area contributed by atoms with E-state index >= 15 is 0 Å². The summed E-state index contributed by atoms with van der Waals surface area (Å²) in [6.45, 7) is 4.76. The number of aromatic nitrogens is 3. The van der Waals surface area contributed by atoms with Gasteiger partial charge in [-0.2, -0.15) is 4.98 Å².